The van der Waals surface area contributed by atoms with E-state index in [1.54, 1.807) is 12.4 Å². The molecule has 1 aromatic carbocycles. The molecule has 3 aromatic heterocycles. The van der Waals surface area contributed by atoms with Gasteiger partial charge < -0.3 is 10.6 Å². The molecule has 1 amide bonds. The van der Waals surface area contributed by atoms with Gasteiger partial charge in [-0.1, -0.05) is 45.9 Å². The zero-order valence-corrected chi connectivity index (χ0v) is 19.7. The summed E-state index contributed by atoms with van der Waals surface area (Å²) in [5, 5.41) is 0.821. The fraction of sp³-hybridized carbons (Fsp3) is 0.269. The molecule has 0 bridgehead atoms. The highest BCUT2D eigenvalue weighted by Gasteiger charge is 2.35. The molecule has 1 aliphatic rings. The summed E-state index contributed by atoms with van der Waals surface area (Å²) in [5.41, 5.74) is 10.9. The third-order valence-electron chi connectivity index (χ3n) is 5.87. The Bertz CT molecular complexity index is 1260. The molecule has 0 atom stereocenters. The van der Waals surface area contributed by atoms with E-state index in [1.807, 2.05) is 61.2 Å². The van der Waals surface area contributed by atoms with Crippen LogP contribution in [0.4, 0.5) is 11.4 Å². The van der Waals surface area contributed by atoms with Crippen LogP contribution in [-0.2, 0) is 5.41 Å². The van der Waals surface area contributed by atoms with Gasteiger partial charge in [0.25, 0.3) is 5.91 Å². The maximum absolute atomic E-state index is 13.5. The molecule has 0 unspecified atom stereocenters. The molecule has 0 saturated carbocycles. The standard InChI is InChI=1S/C24H22N4OS.C2H6/c1-24(2)11-13-28(19-8-4-3-7-17(19)24)23(29)21-20(25)16-9-10-18(27-22(16)30-21)15-6-5-12-26-14-15;1-2/h3-10,12,14H,11,13,25H2,1-2H3;1-2H3. The van der Waals surface area contributed by atoms with Crippen molar-refractivity contribution in [3.05, 3.63) is 71.4 Å². The quantitative estimate of drug-likeness (QED) is 0.394. The number of anilines is 2. The van der Waals surface area contributed by atoms with Crippen LogP contribution in [0.2, 0.25) is 0 Å². The van der Waals surface area contributed by atoms with E-state index in [4.69, 9.17) is 10.7 Å². The third-order valence-corrected chi connectivity index (χ3v) is 6.98. The Morgan fingerprint density at radius 2 is 1.88 bits per heavy atom. The van der Waals surface area contributed by atoms with Gasteiger partial charge in [0.2, 0.25) is 0 Å². The van der Waals surface area contributed by atoms with Crippen molar-refractivity contribution in [3.63, 3.8) is 0 Å². The van der Waals surface area contributed by atoms with Crippen molar-refractivity contribution in [3.8, 4) is 11.3 Å². The van der Waals surface area contributed by atoms with Crippen LogP contribution >= 0.6 is 11.3 Å². The highest BCUT2D eigenvalue weighted by molar-refractivity contribution is 7.21. The van der Waals surface area contributed by atoms with Gasteiger partial charge in [-0.2, -0.15) is 0 Å². The Morgan fingerprint density at radius 3 is 2.62 bits per heavy atom. The molecule has 0 saturated heterocycles. The summed E-state index contributed by atoms with van der Waals surface area (Å²) >= 11 is 1.36. The Kier molecular flexibility index (Phi) is 5.98. The summed E-state index contributed by atoms with van der Waals surface area (Å²) < 4.78 is 0. The van der Waals surface area contributed by atoms with Crippen LogP contribution in [0.1, 0.15) is 49.4 Å². The fourth-order valence-electron chi connectivity index (χ4n) is 4.09. The minimum Gasteiger partial charge on any atom is -0.397 e. The molecule has 0 radical (unpaired) electrons. The summed E-state index contributed by atoms with van der Waals surface area (Å²) in [6.07, 6.45) is 4.42. The van der Waals surface area contributed by atoms with Gasteiger partial charge in [-0.25, -0.2) is 4.98 Å². The number of benzene rings is 1. The number of carbonyl (C=O) groups excluding carboxylic acids is 1. The van der Waals surface area contributed by atoms with Crippen molar-refractivity contribution in [2.45, 2.75) is 39.5 Å². The normalized spacial score (nSPS) is 14.4. The maximum Gasteiger partial charge on any atom is 0.270 e. The lowest BCUT2D eigenvalue weighted by atomic mass is 9.77. The van der Waals surface area contributed by atoms with Gasteiger partial charge in [0.05, 0.1) is 11.4 Å². The topological polar surface area (TPSA) is 72.1 Å². The van der Waals surface area contributed by atoms with Crippen molar-refractivity contribution < 1.29 is 4.79 Å². The van der Waals surface area contributed by atoms with Crippen molar-refractivity contribution in [1.29, 1.82) is 0 Å². The van der Waals surface area contributed by atoms with Crippen molar-refractivity contribution in [2.75, 3.05) is 17.2 Å². The Balaban J connectivity index is 0.00000119. The molecule has 4 aromatic rings. The van der Waals surface area contributed by atoms with Crippen LogP contribution in [0.15, 0.2) is 60.9 Å². The average Bonchev–Trinajstić information content (AvgIpc) is 3.16. The molecule has 32 heavy (non-hydrogen) atoms. The number of nitrogens with two attached hydrogens (primary N) is 1. The molecule has 6 heteroatoms. The molecule has 5 nitrogen and oxygen atoms in total. The molecule has 2 N–H and O–H groups in total. The predicted octanol–water partition coefficient (Wildman–Crippen LogP) is 6.29. The van der Waals surface area contributed by atoms with Crippen LogP contribution in [-0.4, -0.2) is 22.4 Å². The van der Waals surface area contributed by atoms with Crippen LogP contribution in [0.3, 0.4) is 0 Å². The predicted molar refractivity (Wildman–Crippen MR) is 134 cm³/mol. The van der Waals surface area contributed by atoms with Gasteiger partial charge in [0, 0.05) is 35.6 Å². The van der Waals surface area contributed by atoms with Crippen molar-refractivity contribution in [2.24, 2.45) is 0 Å². The number of hydrogen-bond donors (Lipinski definition) is 1. The van der Waals surface area contributed by atoms with Gasteiger partial charge in [0.1, 0.15) is 9.71 Å². The molecule has 0 fully saturated rings. The number of nitrogen functional groups attached to an aromatic ring is 1. The highest BCUT2D eigenvalue weighted by Crippen LogP contribution is 2.42. The van der Waals surface area contributed by atoms with Gasteiger partial charge in [0.15, 0.2) is 0 Å². The minimum atomic E-state index is -0.0543. The van der Waals surface area contributed by atoms with Crippen LogP contribution in [0, 0.1) is 0 Å². The smallest absolute Gasteiger partial charge is 0.270 e. The second-order valence-corrected chi connectivity index (χ2v) is 9.24. The number of aromatic nitrogens is 2. The average molecular weight is 445 g/mol. The van der Waals surface area contributed by atoms with Gasteiger partial charge in [-0.05, 0) is 47.7 Å². The molecule has 0 spiro atoms. The number of thiophene rings is 1. The first kappa shape index (κ1) is 22.0. The third kappa shape index (κ3) is 3.75. The van der Waals surface area contributed by atoms with E-state index in [0.717, 1.165) is 33.6 Å². The summed E-state index contributed by atoms with van der Waals surface area (Å²) in [7, 11) is 0. The Morgan fingerprint density at radius 1 is 1.09 bits per heavy atom. The van der Waals surface area contributed by atoms with Crippen LogP contribution in [0.5, 0.6) is 0 Å². The maximum atomic E-state index is 13.5. The van der Waals surface area contributed by atoms with E-state index in [0.29, 0.717) is 17.1 Å². The molecule has 1 aliphatic heterocycles. The Labute approximate surface area is 192 Å². The number of pyridine rings is 2. The summed E-state index contributed by atoms with van der Waals surface area (Å²) in [6, 6.07) is 15.9. The molecule has 164 valence electrons. The minimum absolute atomic E-state index is 0.0409. The summed E-state index contributed by atoms with van der Waals surface area (Å²) in [6.45, 7) is 9.13. The molecule has 0 aliphatic carbocycles. The first-order chi connectivity index (χ1) is 15.5. The molecule has 4 heterocycles. The largest absolute Gasteiger partial charge is 0.397 e. The summed E-state index contributed by atoms with van der Waals surface area (Å²) in [4.78, 5) is 25.6. The summed E-state index contributed by atoms with van der Waals surface area (Å²) in [5.74, 6) is -0.0543. The lowest BCUT2D eigenvalue weighted by molar-refractivity contribution is 0.0987. The van der Waals surface area contributed by atoms with E-state index in [-0.39, 0.29) is 11.3 Å². The second-order valence-electron chi connectivity index (χ2n) is 8.24. The van der Waals surface area contributed by atoms with E-state index in [1.165, 1.54) is 16.9 Å². The number of fused-ring (bicyclic) bond motifs is 2. The molecular weight excluding hydrogens is 416 g/mol. The Hall–Kier alpha value is -3.25. The van der Waals surface area contributed by atoms with Gasteiger partial charge in [-0.3, -0.25) is 9.78 Å². The zero-order valence-electron chi connectivity index (χ0n) is 18.9. The monoisotopic (exact) mass is 444 g/mol. The molecule has 5 rings (SSSR count). The number of nitrogens with zero attached hydrogens (tertiary/aromatic N) is 3. The van der Waals surface area contributed by atoms with Gasteiger partial charge in [-0.15, -0.1) is 11.3 Å². The van der Waals surface area contributed by atoms with Crippen LogP contribution < -0.4 is 10.6 Å². The van der Waals surface area contributed by atoms with Crippen LogP contribution in [0.25, 0.3) is 21.5 Å². The molecular formula is C26H28N4OS. The highest BCUT2D eigenvalue weighted by atomic mass is 32.1. The zero-order chi connectivity index (χ0) is 22.9. The van der Waals surface area contributed by atoms with Crippen molar-refractivity contribution in [1.82, 2.24) is 9.97 Å². The SMILES string of the molecule is CC.CC1(C)CCN(C(=O)c2sc3nc(-c4cccnc4)ccc3c2N)c2ccccc21. The number of hydrogen-bond acceptors (Lipinski definition) is 5. The number of rotatable bonds is 2. The lowest BCUT2D eigenvalue weighted by Crippen LogP contribution is -2.41. The van der Waals surface area contributed by atoms with Gasteiger partial charge >= 0.3 is 0 Å². The van der Waals surface area contributed by atoms with E-state index in [9.17, 15) is 4.79 Å². The second kappa shape index (κ2) is 8.71. The van der Waals surface area contributed by atoms with E-state index < -0.39 is 0 Å². The van der Waals surface area contributed by atoms with E-state index in [2.05, 4.69) is 24.9 Å². The fourth-order valence-corrected chi connectivity index (χ4v) is 5.14. The first-order valence-corrected chi connectivity index (χ1v) is 11.8. The first-order valence-electron chi connectivity index (χ1n) is 11.0. The van der Waals surface area contributed by atoms with Crippen molar-refractivity contribution >= 4 is 38.8 Å². The lowest BCUT2D eigenvalue weighted by Gasteiger charge is -2.39. The number of carbonyl (C=O) groups is 1. The number of amides is 1. The van der Waals surface area contributed by atoms with E-state index >= 15 is 0 Å². The number of para-hydroxylation sites is 1.